The van der Waals surface area contributed by atoms with Crippen LogP contribution in [-0.4, -0.2) is 24.8 Å². The largest absolute Gasteiger partial charge is 0.396 e. The van der Waals surface area contributed by atoms with E-state index in [4.69, 9.17) is 5.11 Å². The fraction of sp³-hybridized carbons (Fsp3) is 1.00. The molecule has 0 atom stereocenters. The quantitative estimate of drug-likeness (QED) is 0.519. The number of aliphatic hydroxyl groups is 1. The van der Waals surface area contributed by atoms with Gasteiger partial charge in [0.25, 0.3) is 0 Å². The normalized spacial score (nSPS) is 11.2. The van der Waals surface area contributed by atoms with Crippen LogP contribution >= 0.6 is 0 Å². The lowest BCUT2D eigenvalue weighted by molar-refractivity contribution is 0.282. The predicted octanol–water partition coefficient (Wildman–Crippen LogP) is 2.96. The topological polar surface area (TPSA) is 32.3 Å². The average Bonchev–Trinajstić information content (AvgIpc) is 2.20. The van der Waals surface area contributed by atoms with Crippen molar-refractivity contribution in [3.8, 4) is 0 Å². The summed E-state index contributed by atoms with van der Waals surface area (Å²) in [6, 6.07) is 0. The van der Waals surface area contributed by atoms with Crippen molar-refractivity contribution in [3.63, 3.8) is 0 Å². The molecule has 0 amide bonds. The van der Waals surface area contributed by atoms with E-state index in [9.17, 15) is 0 Å². The number of rotatable bonds is 11. The molecule has 0 aliphatic carbocycles. The molecule has 0 saturated carbocycles. The van der Waals surface area contributed by atoms with E-state index in [1.807, 2.05) is 0 Å². The molecule has 0 saturated heterocycles. The molecule has 0 aromatic carbocycles. The minimum absolute atomic E-state index is 0.350. The SMILES string of the molecule is CC(C)CCCCNCCCCCCO. The molecule has 0 spiro atoms. The molecule has 0 aliphatic heterocycles. The summed E-state index contributed by atoms with van der Waals surface area (Å²) in [7, 11) is 0. The Hall–Kier alpha value is -0.0800. The van der Waals surface area contributed by atoms with E-state index >= 15 is 0 Å². The highest BCUT2D eigenvalue weighted by Crippen LogP contribution is 2.05. The third-order valence-corrected chi connectivity index (χ3v) is 2.65. The summed E-state index contributed by atoms with van der Waals surface area (Å²) < 4.78 is 0. The van der Waals surface area contributed by atoms with Crippen LogP contribution in [0.1, 0.15) is 58.8 Å². The molecule has 0 fully saturated rings. The Bertz CT molecular complexity index is 115. The van der Waals surface area contributed by atoms with Crippen LogP contribution in [0.5, 0.6) is 0 Å². The van der Waals surface area contributed by atoms with Crippen molar-refractivity contribution in [3.05, 3.63) is 0 Å². The van der Waals surface area contributed by atoms with Gasteiger partial charge >= 0.3 is 0 Å². The van der Waals surface area contributed by atoms with Gasteiger partial charge in [-0.15, -0.1) is 0 Å². The zero-order valence-electron chi connectivity index (χ0n) is 10.6. The van der Waals surface area contributed by atoms with Gasteiger partial charge in [-0.05, 0) is 38.3 Å². The first-order valence-electron chi connectivity index (χ1n) is 6.59. The van der Waals surface area contributed by atoms with Gasteiger partial charge in [0, 0.05) is 6.61 Å². The summed E-state index contributed by atoms with van der Waals surface area (Å²) in [5.74, 6) is 0.850. The first-order chi connectivity index (χ1) is 7.27. The van der Waals surface area contributed by atoms with Crippen LogP contribution in [0.25, 0.3) is 0 Å². The van der Waals surface area contributed by atoms with Gasteiger partial charge in [-0.2, -0.15) is 0 Å². The van der Waals surface area contributed by atoms with Gasteiger partial charge in [-0.1, -0.05) is 39.5 Å². The van der Waals surface area contributed by atoms with Crippen molar-refractivity contribution < 1.29 is 5.11 Å². The summed E-state index contributed by atoms with van der Waals surface area (Å²) >= 11 is 0. The Labute approximate surface area is 95.5 Å². The standard InChI is InChI=1S/C13H29NO/c1-13(2)9-5-7-11-14-10-6-3-4-8-12-15/h13-15H,3-12H2,1-2H3. The Morgan fingerprint density at radius 2 is 1.47 bits per heavy atom. The predicted molar refractivity (Wildman–Crippen MR) is 67.1 cm³/mol. The third kappa shape index (κ3) is 13.9. The van der Waals surface area contributed by atoms with E-state index in [0.717, 1.165) is 18.9 Å². The Morgan fingerprint density at radius 3 is 2.07 bits per heavy atom. The molecule has 0 heterocycles. The van der Waals surface area contributed by atoms with E-state index in [0.29, 0.717) is 6.61 Å². The van der Waals surface area contributed by atoms with E-state index in [2.05, 4.69) is 19.2 Å². The highest BCUT2D eigenvalue weighted by Gasteiger charge is 1.94. The molecule has 0 unspecified atom stereocenters. The molecule has 0 aromatic heterocycles. The Kier molecular flexibility index (Phi) is 11.9. The summed E-state index contributed by atoms with van der Waals surface area (Å²) in [6.45, 7) is 7.24. The zero-order chi connectivity index (χ0) is 11.4. The van der Waals surface area contributed by atoms with Crippen LogP contribution in [0, 0.1) is 5.92 Å². The van der Waals surface area contributed by atoms with Crippen LogP contribution in [-0.2, 0) is 0 Å². The molecule has 2 nitrogen and oxygen atoms in total. The second-order valence-corrected chi connectivity index (χ2v) is 4.78. The smallest absolute Gasteiger partial charge is 0.0431 e. The maximum absolute atomic E-state index is 8.60. The lowest BCUT2D eigenvalue weighted by atomic mass is 10.1. The van der Waals surface area contributed by atoms with Crippen LogP contribution in [0.4, 0.5) is 0 Å². The van der Waals surface area contributed by atoms with Crippen molar-refractivity contribution >= 4 is 0 Å². The summed E-state index contributed by atoms with van der Waals surface area (Å²) in [4.78, 5) is 0. The van der Waals surface area contributed by atoms with Crippen molar-refractivity contribution in [2.75, 3.05) is 19.7 Å². The van der Waals surface area contributed by atoms with Crippen LogP contribution in [0.3, 0.4) is 0 Å². The molecule has 2 heteroatoms. The number of unbranched alkanes of at least 4 members (excludes halogenated alkanes) is 4. The van der Waals surface area contributed by atoms with E-state index in [1.54, 1.807) is 0 Å². The minimum Gasteiger partial charge on any atom is -0.396 e. The first-order valence-corrected chi connectivity index (χ1v) is 6.59. The first kappa shape index (κ1) is 14.9. The fourth-order valence-corrected chi connectivity index (χ4v) is 1.64. The van der Waals surface area contributed by atoms with Crippen molar-refractivity contribution in [1.29, 1.82) is 0 Å². The maximum Gasteiger partial charge on any atom is 0.0431 e. The number of hydrogen-bond acceptors (Lipinski definition) is 2. The van der Waals surface area contributed by atoms with Gasteiger partial charge in [0.15, 0.2) is 0 Å². The molecule has 0 radical (unpaired) electrons. The monoisotopic (exact) mass is 215 g/mol. The van der Waals surface area contributed by atoms with Gasteiger partial charge in [-0.25, -0.2) is 0 Å². The van der Waals surface area contributed by atoms with Crippen LogP contribution < -0.4 is 5.32 Å². The van der Waals surface area contributed by atoms with Crippen molar-refractivity contribution in [1.82, 2.24) is 5.32 Å². The van der Waals surface area contributed by atoms with Gasteiger partial charge < -0.3 is 10.4 Å². The van der Waals surface area contributed by atoms with E-state index in [1.165, 1.54) is 45.1 Å². The Balaban J connectivity index is 2.87. The molecule has 0 rings (SSSR count). The number of nitrogens with one attached hydrogen (secondary N) is 1. The van der Waals surface area contributed by atoms with Crippen molar-refractivity contribution in [2.24, 2.45) is 5.92 Å². The summed E-state index contributed by atoms with van der Waals surface area (Å²) in [5, 5.41) is 12.1. The molecule has 0 aromatic rings. The lowest BCUT2D eigenvalue weighted by Crippen LogP contribution is -2.16. The van der Waals surface area contributed by atoms with Gasteiger partial charge in [0.1, 0.15) is 0 Å². The molecular formula is C13H29NO. The second kappa shape index (κ2) is 12.0. The van der Waals surface area contributed by atoms with Crippen molar-refractivity contribution in [2.45, 2.75) is 58.8 Å². The molecule has 0 aliphatic rings. The molecule has 15 heavy (non-hydrogen) atoms. The minimum atomic E-state index is 0.350. The maximum atomic E-state index is 8.60. The van der Waals surface area contributed by atoms with E-state index < -0.39 is 0 Å². The molecule has 92 valence electrons. The van der Waals surface area contributed by atoms with Gasteiger partial charge in [0.05, 0.1) is 0 Å². The second-order valence-electron chi connectivity index (χ2n) is 4.78. The molecule has 0 bridgehead atoms. The molecular weight excluding hydrogens is 186 g/mol. The highest BCUT2D eigenvalue weighted by molar-refractivity contribution is 4.52. The van der Waals surface area contributed by atoms with Gasteiger partial charge in [0.2, 0.25) is 0 Å². The summed E-state index contributed by atoms with van der Waals surface area (Å²) in [6.07, 6.45) is 8.67. The Morgan fingerprint density at radius 1 is 0.867 bits per heavy atom. The highest BCUT2D eigenvalue weighted by atomic mass is 16.2. The fourth-order valence-electron chi connectivity index (χ4n) is 1.64. The number of aliphatic hydroxyl groups excluding tert-OH is 1. The average molecular weight is 215 g/mol. The zero-order valence-corrected chi connectivity index (χ0v) is 10.6. The number of hydrogen-bond donors (Lipinski definition) is 2. The van der Waals surface area contributed by atoms with Crippen LogP contribution in [0.15, 0.2) is 0 Å². The lowest BCUT2D eigenvalue weighted by Gasteiger charge is -2.06. The van der Waals surface area contributed by atoms with E-state index in [-0.39, 0.29) is 0 Å². The van der Waals surface area contributed by atoms with Gasteiger partial charge in [-0.3, -0.25) is 0 Å². The third-order valence-electron chi connectivity index (χ3n) is 2.65. The summed E-state index contributed by atoms with van der Waals surface area (Å²) in [5.41, 5.74) is 0. The molecule has 2 N–H and O–H groups in total. The van der Waals surface area contributed by atoms with Crippen LogP contribution in [0.2, 0.25) is 0 Å².